The number of benzene rings is 3. The highest BCUT2D eigenvalue weighted by Crippen LogP contribution is 2.42. The number of nitrogens with zero attached hydrogens (tertiary/aromatic N) is 1. The SMILES string of the molecule is O=C(O)c1ccc(C[C@@H]2Sc3ccccc3N(Cc3ccccc3C(F)(F)F)C2=O)cc1F. The van der Waals surface area contributed by atoms with Crippen LogP contribution in [0.5, 0.6) is 0 Å². The number of anilines is 1. The Labute approximate surface area is 190 Å². The molecule has 33 heavy (non-hydrogen) atoms. The van der Waals surface area contributed by atoms with Gasteiger partial charge in [-0.3, -0.25) is 4.79 Å². The van der Waals surface area contributed by atoms with Crippen molar-refractivity contribution in [3.8, 4) is 0 Å². The van der Waals surface area contributed by atoms with Gasteiger partial charge in [0, 0.05) is 4.90 Å². The van der Waals surface area contributed by atoms with Crippen LogP contribution in [0.1, 0.15) is 27.0 Å². The number of carboxylic acid groups (broad SMARTS) is 1. The predicted octanol–water partition coefficient (Wildman–Crippen LogP) is 5.79. The molecule has 1 aliphatic rings. The molecule has 4 nitrogen and oxygen atoms in total. The Morgan fingerprint density at radius 3 is 2.42 bits per heavy atom. The van der Waals surface area contributed by atoms with E-state index in [0.717, 1.165) is 18.2 Å². The normalized spacial score (nSPS) is 15.9. The van der Waals surface area contributed by atoms with Crippen molar-refractivity contribution in [1.82, 2.24) is 0 Å². The number of amides is 1. The second-order valence-corrected chi connectivity index (χ2v) is 8.72. The maximum absolute atomic E-state index is 14.1. The molecule has 0 saturated carbocycles. The fourth-order valence-electron chi connectivity index (χ4n) is 3.75. The molecule has 0 bridgehead atoms. The third-order valence-corrected chi connectivity index (χ3v) is 6.55. The summed E-state index contributed by atoms with van der Waals surface area (Å²) in [5, 5.41) is 8.28. The van der Waals surface area contributed by atoms with Gasteiger partial charge in [0.05, 0.1) is 28.6 Å². The molecular formula is C24H17F4NO3S. The zero-order valence-electron chi connectivity index (χ0n) is 17.0. The van der Waals surface area contributed by atoms with Crippen molar-refractivity contribution >= 4 is 29.3 Å². The first kappa shape index (κ1) is 22.8. The fourth-order valence-corrected chi connectivity index (χ4v) is 5.01. The van der Waals surface area contributed by atoms with E-state index in [1.807, 2.05) is 0 Å². The smallest absolute Gasteiger partial charge is 0.416 e. The van der Waals surface area contributed by atoms with E-state index in [1.54, 1.807) is 24.3 Å². The van der Waals surface area contributed by atoms with Gasteiger partial charge in [-0.15, -0.1) is 11.8 Å². The van der Waals surface area contributed by atoms with E-state index < -0.39 is 40.2 Å². The number of hydrogen-bond acceptors (Lipinski definition) is 3. The van der Waals surface area contributed by atoms with Crippen molar-refractivity contribution in [1.29, 1.82) is 0 Å². The van der Waals surface area contributed by atoms with E-state index in [0.29, 0.717) is 16.1 Å². The molecular weight excluding hydrogens is 458 g/mol. The molecule has 0 aliphatic carbocycles. The van der Waals surface area contributed by atoms with Gasteiger partial charge in [0.25, 0.3) is 0 Å². The molecule has 0 radical (unpaired) electrons. The van der Waals surface area contributed by atoms with Gasteiger partial charge in [0.15, 0.2) is 0 Å². The molecule has 1 amide bonds. The standard InChI is InChI=1S/C24H17F4NO3S/c25-18-11-14(9-10-16(18)23(31)32)12-21-22(30)29(19-7-3-4-8-20(19)33-21)13-15-5-1-2-6-17(15)24(26,27)28/h1-11,21H,12-13H2,(H,31,32)/t21-/m0/s1. The number of carboxylic acids is 1. The first-order chi connectivity index (χ1) is 15.6. The number of rotatable bonds is 5. The third kappa shape index (κ3) is 4.73. The van der Waals surface area contributed by atoms with Gasteiger partial charge < -0.3 is 10.0 Å². The predicted molar refractivity (Wildman–Crippen MR) is 116 cm³/mol. The lowest BCUT2D eigenvalue weighted by molar-refractivity contribution is -0.138. The van der Waals surface area contributed by atoms with Crippen molar-refractivity contribution in [2.45, 2.75) is 29.3 Å². The average molecular weight is 475 g/mol. The minimum Gasteiger partial charge on any atom is -0.478 e. The monoisotopic (exact) mass is 475 g/mol. The Morgan fingerprint density at radius 2 is 1.73 bits per heavy atom. The van der Waals surface area contributed by atoms with Crippen LogP contribution >= 0.6 is 11.8 Å². The van der Waals surface area contributed by atoms with Gasteiger partial charge in [-0.05, 0) is 47.9 Å². The first-order valence-electron chi connectivity index (χ1n) is 9.89. The summed E-state index contributed by atoms with van der Waals surface area (Å²) in [5.41, 5.74) is -0.393. The van der Waals surface area contributed by atoms with E-state index in [2.05, 4.69) is 0 Å². The number of hydrogen-bond donors (Lipinski definition) is 1. The Balaban J connectivity index is 1.67. The van der Waals surface area contributed by atoms with Crippen molar-refractivity contribution in [2.75, 3.05) is 4.90 Å². The van der Waals surface area contributed by atoms with Crippen LogP contribution in [0.15, 0.2) is 71.6 Å². The van der Waals surface area contributed by atoms with E-state index in [-0.39, 0.29) is 18.5 Å². The molecule has 0 unspecified atom stereocenters. The van der Waals surface area contributed by atoms with Crippen LogP contribution in [0.2, 0.25) is 0 Å². The number of fused-ring (bicyclic) bond motifs is 1. The summed E-state index contributed by atoms with van der Waals surface area (Å²) >= 11 is 1.25. The van der Waals surface area contributed by atoms with Crippen molar-refractivity contribution in [3.05, 3.63) is 94.8 Å². The fraction of sp³-hybridized carbons (Fsp3) is 0.167. The van der Waals surface area contributed by atoms with E-state index in [1.165, 1.54) is 40.9 Å². The Morgan fingerprint density at radius 1 is 1.03 bits per heavy atom. The second kappa shape index (κ2) is 8.90. The molecule has 3 aromatic rings. The van der Waals surface area contributed by atoms with Crippen LogP contribution in [0.4, 0.5) is 23.2 Å². The molecule has 1 heterocycles. The van der Waals surface area contributed by atoms with E-state index >= 15 is 0 Å². The highest BCUT2D eigenvalue weighted by atomic mass is 32.2. The Hall–Kier alpha value is -3.33. The van der Waals surface area contributed by atoms with Crippen LogP contribution in [0.25, 0.3) is 0 Å². The largest absolute Gasteiger partial charge is 0.478 e. The van der Waals surface area contributed by atoms with Gasteiger partial charge in [-0.1, -0.05) is 36.4 Å². The van der Waals surface area contributed by atoms with Crippen LogP contribution in [-0.4, -0.2) is 22.2 Å². The van der Waals surface area contributed by atoms with Gasteiger partial charge in [-0.2, -0.15) is 13.2 Å². The lowest BCUT2D eigenvalue weighted by Gasteiger charge is -2.34. The van der Waals surface area contributed by atoms with E-state index in [9.17, 15) is 27.2 Å². The van der Waals surface area contributed by atoms with Gasteiger partial charge in [0.2, 0.25) is 5.91 Å². The zero-order chi connectivity index (χ0) is 23.8. The van der Waals surface area contributed by atoms with Gasteiger partial charge in [-0.25, -0.2) is 9.18 Å². The highest BCUT2D eigenvalue weighted by molar-refractivity contribution is 8.01. The quantitative estimate of drug-likeness (QED) is 0.475. The van der Waals surface area contributed by atoms with Gasteiger partial charge in [0.1, 0.15) is 5.82 Å². The summed E-state index contributed by atoms with van der Waals surface area (Å²) in [6.45, 7) is -0.269. The van der Waals surface area contributed by atoms with E-state index in [4.69, 9.17) is 5.11 Å². The number of alkyl halides is 3. The molecule has 1 N–H and O–H groups in total. The average Bonchev–Trinajstić information content (AvgIpc) is 2.76. The lowest BCUT2D eigenvalue weighted by Crippen LogP contribution is -2.41. The molecule has 0 aromatic heterocycles. The molecule has 0 spiro atoms. The summed E-state index contributed by atoms with van der Waals surface area (Å²) in [7, 11) is 0. The number of thioether (sulfide) groups is 1. The maximum Gasteiger partial charge on any atom is 0.416 e. The number of aromatic carboxylic acids is 1. The molecule has 1 aliphatic heterocycles. The zero-order valence-corrected chi connectivity index (χ0v) is 17.8. The second-order valence-electron chi connectivity index (χ2n) is 7.48. The van der Waals surface area contributed by atoms with Crippen molar-refractivity contribution in [2.24, 2.45) is 0 Å². The number of para-hydroxylation sites is 1. The molecule has 3 aromatic carbocycles. The third-order valence-electron chi connectivity index (χ3n) is 5.30. The Bertz CT molecular complexity index is 1230. The molecule has 1 atom stereocenters. The summed E-state index contributed by atoms with van der Waals surface area (Å²) < 4.78 is 54.6. The lowest BCUT2D eigenvalue weighted by atomic mass is 10.0. The van der Waals surface area contributed by atoms with Crippen LogP contribution < -0.4 is 4.90 Å². The van der Waals surface area contributed by atoms with Crippen LogP contribution in [0.3, 0.4) is 0 Å². The van der Waals surface area contributed by atoms with Crippen molar-refractivity contribution in [3.63, 3.8) is 0 Å². The molecule has 0 saturated heterocycles. The minimum absolute atomic E-state index is 0.0318. The summed E-state index contributed by atoms with van der Waals surface area (Å²) in [6, 6.07) is 15.7. The molecule has 9 heteroatoms. The van der Waals surface area contributed by atoms with Crippen LogP contribution in [0, 0.1) is 5.82 Å². The van der Waals surface area contributed by atoms with Crippen molar-refractivity contribution < 1.29 is 32.3 Å². The van der Waals surface area contributed by atoms with Crippen LogP contribution in [-0.2, 0) is 23.9 Å². The molecule has 0 fully saturated rings. The molecule has 170 valence electrons. The van der Waals surface area contributed by atoms with Gasteiger partial charge >= 0.3 is 12.1 Å². The minimum atomic E-state index is -4.56. The number of carbonyl (C=O) groups is 2. The summed E-state index contributed by atoms with van der Waals surface area (Å²) in [4.78, 5) is 26.4. The topological polar surface area (TPSA) is 57.6 Å². The maximum atomic E-state index is 14.1. The molecule has 4 rings (SSSR count). The first-order valence-corrected chi connectivity index (χ1v) is 10.8. The summed E-state index contributed by atoms with van der Waals surface area (Å²) in [6.07, 6.45) is -4.47. The Kier molecular flexibility index (Phi) is 6.16. The summed E-state index contributed by atoms with van der Waals surface area (Å²) in [5.74, 6) is -2.71. The number of halogens is 4. The highest BCUT2D eigenvalue weighted by Gasteiger charge is 2.37. The number of carbonyl (C=O) groups excluding carboxylic acids is 1.